The summed E-state index contributed by atoms with van der Waals surface area (Å²) >= 11 is 1.13. The van der Waals surface area contributed by atoms with E-state index in [1.54, 1.807) is 19.1 Å². The number of esters is 1. The molecular weight excluding hydrogens is 361 g/mol. The van der Waals surface area contributed by atoms with Crippen molar-refractivity contribution in [2.75, 3.05) is 7.11 Å². The number of H-pyrrole nitrogens is 1. The normalized spacial score (nSPS) is 10.7. The minimum atomic E-state index is -0.590. The Kier molecular flexibility index (Phi) is 5.17. The predicted octanol–water partition coefficient (Wildman–Crippen LogP) is 2.95. The molecular formula is C17H14FN3O4S. The topological polar surface area (TPSA) is 98.1 Å². The molecule has 2 aromatic heterocycles. The number of rotatable bonds is 5. The monoisotopic (exact) mass is 375 g/mol. The number of nitrogens with zero attached hydrogens (tertiary/aromatic N) is 2. The first-order chi connectivity index (χ1) is 12.5. The van der Waals surface area contributed by atoms with E-state index in [0.29, 0.717) is 22.9 Å². The summed E-state index contributed by atoms with van der Waals surface area (Å²) in [6.45, 7) is 1.59. The van der Waals surface area contributed by atoms with E-state index >= 15 is 0 Å². The van der Waals surface area contributed by atoms with E-state index in [1.807, 2.05) is 0 Å². The van der Waals surface area contributed by atoms with Gasteiger partial charge in [-0.1, -0.05) is 11.8 Å². The maximum absolute atomic E-state index is 13.0. The largest absolute Gasteiger partial charge is 0.465 e. The number of halogens is 1. The summed E-state index contributed by atoms with van der Waals surface area (Å²) in [7, 11) is 1.25. The van der Waals surface area contributed by atoms with E-state index in [-0.39, 0.29) is 22.2 Å². The van der Waals surface area contributed by atoms with Crippen molar-refractivity contribution in [2.45, 2.75) is 17.7 Å². The maximum atomic E-state index is 13.0. The Balaban J connectivity index is 1.81. The third-order valence-corrected chi connectivity index (χ3v) is 4.45. The van der Waals surface area contributed by atoms with Crippen molar-refractivity contribution in [3.05, 3.63) is 63.9 Å². The lowest BCUT2D eigenvalue weighted by molar-refractivity contribution is 0.0594. The highest BCUT2D eigenvalue weighted by Crippen LogP contribution is 2.27. The molecule has 0 radical (unpaired) electrons. The van der Waals surface area contributed by atoms with Crippen LogP contribution in [-0.2, 0) is 10.5 Å². The van der Waals surface area contributed by atoms with Gasteiger partial charge in [0.2, 0.25) is 5.89 Å². The Morgan fingerprint density at radius 2 is 2.08 bits per heavy atom. The molecule has 3 rings (SSSR count). The van der Waals surface area contributed by atoms with Gasteiger partial charge < -0.3 is 14.1 Å². The van der Waals surface area contributed by atoms with E-state index in [0.717, 1.165) is 11.8 Å². The number of aromatic nitrogens is 3. The minimum Gasteiger partial charge on any atom is -0.465 e. The summed E-state index contributed by atoms with van der Waals surface area (Å²) in [5.41, 5.74) is 0.703. The van der Waals surface area contributed by atoms with Gasteiger partial charge in [0.1, 0.15) is 16.4 Å². The average Bonchev–Trinajstić information content (AvgIpc) is 3.08. The number of ether oxygens (including phenoxy) is 1. The minimum absolute atomic E-state index is 0.197. The number of methoxy groups -OCH3 is 1. The highest BCUT2D eigenvalue weighted by atomic mass is 32.2. The standard InChI is InChI=1S/C17H14FN3O4S/c1-9-14(16(22)24-2)15(21-17(23)20-9)26-8-13-19-7-12(25-13)10-3-5-11(18)6-4-10/h3-7H,8H2,1-2H3,(H,20,21,23). The van der Waals surface area contributed by atoms with Crippen molar-refractivity contribution in [3.63, 3.8) is 0 Å². The lowest BCUT2D eigenvalue weighted by atomic mass is 10.2. The molecule has 134 valence electrons. The molecule has 0 saturated heterocycles. The molecule has 0 saturated carbocycles. The van der Waals surface area contributed by atoms with E-state index in [9.17, 15) is 14.0 Å². The average molecular weight is 375 g/mol. The first-order valence-electron chi connectivity index (χ1n) is 7.50. The van der Waals surface area contributed by atoms with E-state index in [2.05, 4.69) is 15.0 Å². The Morgan fingerprint density at radius 3 is 2.77 bits per heavy atom. The highest BCUT2D eigenvalue weighted by Gasteiger charge is 2.19. The molecule has 0 aliphatic carbocycles. The van der Waals surface area contributed by atoms with Crippen molar-refractivity contribution in [1.82, 2.24) is 15.0 Å². The predicted molar refractivity (Wildman–Crippen MR) is 92.4 cm³/mol. The third-order valence-electron chi connectivity index (χ3n) is 3.49. The molecule has 0 fully saturated rings. The molecule has 1 N–H and O–H groups in total. The van der Waals surface area contributed by atoms with Gasteiger partial charge in [0.05, 0.1) is 19.1 Å². The molecule has 0 amide bonds. The second-order valence-corrected chi connectivity index (χ2v) is 6.22. The van der Waals surface area contributed by atoms with E-state index in [4.69, 9.17) is 9.15 Å². The summed E-state index contributed by atoms with van der Waals surface area (Å²) in [5, 5.41) is 0.236. The number of benzene rings is 1. The quantitative estimate of drug-likeness (QED) is 0.416. The molecule has 1 aromatic carbocycles. The molecule has 0 unspecified atom stereocenters. The van der Waals surface area contributed by atoms with Gasteiger partial charge in [-0.25, -0.2) is 19.0 Å². The van der Waals surface area contributed by atoms with Crippen LogP contribution in [0.15, 0.2) is 44.7 Å². The maximum Gasteiger partial charge on any atom is 0.346 e. The lowest BCUT2D eigenvalue weighted by Gasteiger charge is -2.07. The van der Waals surface area contributed by atoms with Crippen molar-refractivity contribution < 1.29 is 18.3 Å². The summed E-state index contributed by atoms with van der Waals surface area (Å²) in [4.78, 5) is 34.0. The summed E-state index contributed by atoms with van der Waals surface area (Å²) in [5.74, 6) is 0.193. The Hall–Kier alpha value is -2.94. The first-order valence-corrected chi connectivity index (χ1v) is 8.49. The third kappa shape index (κ3) is 3.83. The molecule has 7 nitrogen and oxygen atoms in total. The zero-order chi connectivity index (χ0) is 18.7. The molecule has 26 heavy (non-hydrogen) atoms. The second kappa shape index (κ2) is 7.52. The van der Waals surface area contributed by atoms with Crippen LogP contribution in [0.5, 0.6) is 0 Å². The fraction of sp³-hybridized carbons (Fsp3) is 0.176. The number of thioether (sulfide) groups is 1. The van der Waals surface area contributed by atoms with Gasteiger partial charge in [0.15, 0.2) is 5.76 Å². The van der Waals surface area contributed by atoms with Crippen LogP contribution in [-0.4, -0.2) is 28.0 Å². The molecule has 0 aliphatic rings. The van der Waals surface area contributed by atoms with Gasteiger partial charge in [-0.3, -0.25) is 0 Å². The molecule has 2 heterocycles. The van der Waals surface area contributed by atoms with Gasteiger partial charge in [0, 0.05) is 11.3 Å². The number of carbonyl (C=O) groups excluding carboxylic acids is 1. The molecule has 9 heteroatoms. The van der Waals surface area contributed by atoms with Gasteiger partial charge in [-0.2, -0.15) is 4.98 Å². The number of hydrogen-bond acceptors (Lipinski definition) is 7. The smallest absolute Gasteiger partial charge is 0.346 e. The van der Waals surface area contributed by atoms with Crippen molar-refractivity contribution in [3.8, 4) is 11.3 Å². The summed E-state index contributed by atoms with van der Waals surface area (Å²) < 4.78 is 23.4. The number of hydrogen-bond donors (Lipinski definition) is 1. The highest BCUT2D eigenvalue weighted by molar-refractivity contribution is 7.98. The van der Waals surface area contributed by atoms with Crippen molar-refractivity contribution in [2.24, 2.45) is 0 Å². The number of aryl methyl sites for hydroxylation is 1. The molecule has 0 atom stereocenters. The van der Waals surface area contributed by atoms with Crippen LogP contribution < -0.4 is 5.69 Å². The van der Waals surface area contributed by atoms with Crippen LogP contribution in [0.2, 0.25) is 0 Å². The number of oxazole rings is 1. The summed E-state index contributed by atoms with van der Waals surface area (Å²) in [6, 6.07) is 5.84. The van der Waals surface area contributed by atoms with Crippen molar-refractivity contribution in [1.29, 1.82) is 0 Å². The molecule has 3 aromatic rings. The van der Waals surface area contributed by atoms with Crippen LogP contribution in [0.1, 0.15) is 21.9 Å². The fourth-order valence-corrected chi connectivity index (χ4v) is 3.18. The van der Waals surface area contributed by atoms with Crippen LogP contribution in [0.25, 0.3) is 11.3 Å². The molecule has 0 bridgehead atoms. The first kappa shape index (κ1) is 17.9. The van der Waals surface area contributed by atoms with Crippen LogP contribution >= 0.6 is 11.8 Å². The Bertz CT molecular complexity index is 998. The van der Waals surface area contributed by atoms with Crippen LogP contribution in [0, 0.1) is 12.7 Å². The van der Waals surface area contributed by atoms with Gasteiger partial charge >= 0.3 is 11.7 Å². The van der Waals surface area contributed by atoms with E-state index in [1.165, 1.54) is 25.4 Å². The Morgan fingerprint density at radius 1 is 1.35 bits per heavy atom. The summed E-state index contributed by atoms with van der Waals surface area (Å²) in [6.07, 6.45) is 1.53. The second-order valence-electron chi connectivity index (χ2n) is 5.25. The molecule has 0 aliphatic heterocycles. The lowest BCUT2D eigenvalue weighted by Crippen LogP contribution is -2.19. The van der Waals surface area contributed by atoms with Crippen LogP contribution in [0.4, 0.5) is 4.39 Å². The molecule has 0 spiro atoms. The number of nitrogens with one attached hydrogen (secondary N) is 1. The van der Waals surface area contributed by atoms with Gasteiger partial charge in [0.25, 0.3) is 0 Å². The SMILES string of the molecule is COC(=O)c1c(SCc2ncc(-c3ccc(F)cc3)o2)nc(=O)[nH]c1C. The number of aromatic amines is 1. The van der Waals surface area contributed by atoms with Crippen molar-refractivity contribution >= 4 is 17.7 Å². The zero-order valence-electron chi connectivity index (χ0n) is 13.9. The fourth-order valence-electron chi connectivity index (χ4n) is 2.26. The number of carbonyl (C=O) groups is 1. The van der Waals surface area contributed by atoms with Gasteiger partial charge in [-0.15, -0.1) is 0 Å². The zero-order valence-corrected chi connectivity index (χ0v) is 14.7. The van der Waals surface area contributed by atoms with Gasteiger partial charge in [-0.05, 0) is 31.2 Å². The van der Waals surface area contributed by atoms with E-state index < -0.39 is 11.7 Å². The Labute approximate surface area is 151 Å². The van der Waals surface area contributed by atoms with Crippen LogP contribution in [0.3, 0.4) is 0 Å².